The van der Waals surface area contributed by atoms with Gasteiger partial charge in [0, 0.05) is 11.1 Å². The van der Waals surface area contributed by atoms with Gasteiger partial charge in [0.25, 0.3) is 11.8 Å². The van der Waals surface area contributed by atoms with Crippen LogP contribution in [0.1, 0.15) is 57.5 Å². The Balaban J connectivity index is 1.28. The summed E-state index contributed by atoms with van der Waals surface area (Å²) in [7, 11) is 0. The van der Waals surface area contributed by atoms with Gasteiger partial charge >= 0.3 is 12.1 Å². The van der Waals surface area contributed by atoms with Crippen molar-refractivity contribution in [1.29, 1.82) is 0 Å². The van der Waals surface area contributed by atoms with E-state index < -0.39 is 47.0 Å². The van der Waals surface area contributed by atoms with Gasteiger partial charge in [0.15, 0.2) is 11.2 Å². The number of carbonyl (C=O) groups is 4. The van der Waals surface area contributed by atoms with E-state index in [1.54, 1.807) is 38.3 Å². The molecule has 3 heterocycles. The zero-order valence-electron chi connectivity index (χ0n) is 26.2. The van der Waals surface area contributed by atoms with E-state index in [9.17, 15) is 19.2 Å². The van der Waals surface area contributed by atoms with Crippen molar-refractivity contribution in [2.75, 3.05) is 11.1 Å². The van der Waals surface area contributed by atoms with Gasteiger partial charge in [-0.05, 0) is 43.9 Å². The van der Waals surface area contributed by atoms with E-state index in [0.29, 0.717) is 11.4 Å². The molecule has 2 aliphatic rings. The van der Waals surface area contributed by atoms with Crippen LogP contribution in [0.4, 0.5) is 9.93 Å². The Morgan fingerprint density at radius 2 is 1.65 bits per heavy atom. The topological polar surface area (TPSA) is 127 Å². The molecule has 0 spiro atoms. The zero-order chi connectivity index (χ0) is 33.0. The van der Waals surface area contributed by atoms with Gasteiger partial charge in [0.2, 0.25) is 0 Å². The number of rotatable bonds is 9. The first-order valence-corrected chi connectivity index (χ1v) is 16.8. The number of hydrogen-bond donors (Lipinski definition) is 2. The minimum atomic E-state index is -0.846. The lowest BCUT2D eigenvalue weighted by Crippen LogP contribution is -2.70. The zero-order valence-corrected chi connectivity index (χ0v) is 27.8. The molecule has 2 aromatic carbocycles. The van der Waals surface area contributed by atoms with Crippen molar-refractivity contribution in [3.8, 4) is 0 Å². The molecule has 0 bridgehead atoms. The van der Waals surface area contributed by atoms with Gasteiger partial charge in [-0.25, -0.2) is 14.6 Å². The van der Waals surface area contributed by atoms with Crippen LogP contribution in [0.2, 0.25) is 0 Å². The number of thioether (sulfide) groups is 1. The fraction of sp³-hybridized carbons (Fsp3) is 0.324. The minimum Gasteiger partial charge on any atom is -0.448 e. The molecule has 12 heteroatoms. The van der Waals surface area contributed by atoms with Crippen molar-refractivity contribution in [3.63, 3.8) is 0 Å². The number of hydrogen-bond acceptors (Lipinski definition) is 9. The smallest absolute Gasteiger partial charge is 0.413 e. The van der Waals surface area contributed by atoms with Gasteiger partial charge in [-0.15, -0.1) is 23.1 Å². The lowest BCUT2D eigenvalue weighted by Gasteiger charge is -2.48. The molecule has 1 saturated heterocycles. The number of carbonyl (C=O) groups excluding carboxylic acids is 4. The molecule has 0 aliphatic carbocycles. The third-order valence-corrected chi connectivity index (χ3v) is 8.85. The van der Waals surface area contributed by atoms with Gasteiger partial charge in [-0.2, -0.15) is 0 Å². The quantitative estimate of drug-likeness (QED) is 0.159. The highest BCUT2D eigenvalue weighted by Gasteiger charge is 2.53. The van der Waals surface area contributed by atoms with E-state index in [0.717, 1.165) is 22.5 Å². The predicted octanol–water partition coefficient (Wildman–Crippen LogP) is 6.15. The van der Waals surface area contributed by atoms with Gasteiger partial charge in [-0.3, -0.25) is 19.8 Å². The molecular weight excluding hydrogens is 625 g/mol. The summed E-state index contributed by atoms with van der Waals surface area (Å²) in [6, 6.07) is 18.0. The van der Waals surface area contributed by atoms with E-state index in [4.69, 9.17) is 9.47 Å². The van der Waals surface area contributed by atoms with Crippen molar-refractivity contribution >= 4 is 57.7 Å². The Bertz CT molecular complexity index is 1620. The van der Waals surface area contributed by atoms with Gasteiger partial charge in [0.1, 0.15) is 22.7 Å². The summed E-state index contributed by atoms with van der Waals surface area (Å²) in [5.74, 6) is -1.04. The summed E-state index contributed by atoms with van der Waals surface area (Å²) in [6.07, 6.45) is 2.13. The molecule has 46 heavy (non-hydrogen) atoms. The van der Waals surface area contributed by atoms with E-state index in [-0.39, 0.29) is 22.3 Å². The molecule has 2 aliphatic heterocycles. The number of anilines is 1. The highest BCUT2D eigenvalue weighted by atomic mass is 32.2. The second kappa shape index (κ2) is 13.9. The summed E-state index contributed by atoms with van der Waals surface area (Å²) in [6.45, 7) is 9.13. The van der Waals surface area contributed by atoms with Crippen LogP contribution in [-0.4, -0.2) is 56.5 Å². The van der Waals surface area contributed by atoms with Crippen molar-refractivity contribution in [3.05, 3.63) is 101 Å². The van der Waals surface area contributed by atoms with Crippen LogP contribution in [0.5, 0.6) is 0 Å². The highest BCUT2D eigenvalue weighted by Crippen LogP contribution is 2.39. The Morgan fingerprint density at radius 1 is 1.02 bits per heavy atom. The second-order valence-corrected chi connectivity index (χ2v) is 14.1. The standard InChI is InChI=1S/C34H36N4O6S2/c1-20(2)18-23(24-19-46-32(35-24)37-33(42)44-34(3,4)5)28(39)36-26-29(40)38-25(16-17-45-30(26)38)31(41)43-27(21-12-8-6-9-13-21)22-14-10-7-11-15-22/h6-16,18-20,26-27,30H,17H2,1-5H3,(H,36,39)(H,35,37,42)/b23-18-. The number of nitrogens with one attached hydrogen (secondary N) is 2. The van der Waals surface area contributed by atoms with E-state index in [2.05, 4.69) is 15.6 Å². The number of fused-ring (bicyclic) bond motifs is 1. The number of benzene rings is 2. The Hall–Kier alpha value is -4.42. The third kappa shape index (κ3) is 7.68. The fourth-order valence-electron chi connectivity index (χ4n) is 4.96. The number of β-lactam (4-membered cyclic amide) rings is 1. The summed E-state index contributed by atoms with van der Waals surface area (Å²) in [5, 5.41) is 6.92. The average molecular weight is 661 g/mol. The van der Waals surface area contributed by atoms with Crippen LogP contribution in [0, 0.1) is 5.92 Å². The van der Waals surface area contributed by atoms with Crippen LogP contribution >= 0.6 is 23.1 Å². The third-order valence-electron chi connectivity index (χ3n) is 6.90. The Kier molecular flexibility index (Phi) is 9.97. The molecule has 2 N–H and O–H groups in total. The molecule has 240 valence electrons. The first-order valence-electron chi connectivity index (χ1n) is 14.9. The van der Waals surface area contributed by atoms with E-state index in [1.807, 2.05) is 74.5 Å². The number of ether oxygens (including phenoxy) is 2. The lowest BCUT2D eigenvalue weighted by molar-refractivity contribution is -0.154. The summed E-state index contributed by atoms with van der Waals surface area (Å²) < 4.78 is 11.3. The molecule has 0 saturated carbocycles. The predicted molar refractivity (Wildman–Crippen MR) is 179 cm³/mol. The maximum Gasteiger partial charge on any atom is 0.413 e. The van der Waals surface area contributed by atoms with Gasteiger partial charge in [0.05, 0.1) is 11.3 Å². The molecule has 2 unspecified atom stereocenters. The number of esters is 1. The molecule has 3 amide bonds. The minimum absolute atomic E-state index is 0.00570. The molecule has 1 fully saturated rings. The normalized spacial score (nSPS) is 18.0. The molecule has 2 atom stereocenters. The largest absolute Gasteiger partial charge is 0.448 e. The maximum atomic E-state index is 13.6. The summed E-state index contributed by atoms with van der Waals surface area (Å²) >= 11 is 2.61. The van der Waals surface area contributed by atoms with Crippen LogP contribution in [0.3, 0.4) is 0 Å². The molecule has 10 nitrogen and oxygen atoms in total. The van der Waals surface area contributed by atoms with E-state index >= 15 is 0 Å². The van der Waals surface area contributed by atoms with Crippen LogP contribution in [0.15, 0.2) is 83.9 Å². The van der Waals surface area contributed by atoms with Crippen LogP contribution in [0.25, 0.3) is 5.57 Å². The van der Waals surface area contributed by atoms with Gasteiger partial charge in [-0.1, -0.05) is 80.6 Å². The van der Waals surface area contributed by atoms with Gasteiger partial charge < -0.3 is 14.8 Å². The van der Waals surface area contributed by atoms with Crippen LogP contribution in [-0.2, 0) is 23.9 Å². The maximum absolute atomic E-state index is 13.6. The number of nitrogens with zero attached hydrogens (tertiary/aromatic N) is 2. The molecule has 1 aromatic heterocycles. The van der Waals surface area contributed by atoms with Crippen molar-refractivity contribution in [2.24, 2.45) is 5.92 Å². The molecule has 3 aromatic rings. The molecular formula is C34H36N4O6S2. The van der Waals surface area contributed by atoms with E-state index in [1.165, 1.54) is 16.7 Å². The fourth-order valence-corrected chi connectivity index (χ4v) is 6.85. The number of allylic oxidation sites excluding steroid dienone is 1. The number of aromatic nitrogens is 1. The molecule has 5 rings (SSSR count). The Labute approximate surface area is 276 Å². The SMILES string of the molecule is CC(C)/C=C(\C(=O)NC1C(=O)N2C(C(=O)OC(c3ccccc3)c3ccccc3)=CCSC12)c1csc(NC(=O)OC(C)(C)C)n1. The monoisotopic (exact) mass is 660 g/mol. The Morgan fingerprint density at radius 3 is 2.24 bits per heavy atom. The highest BCUT2D eigenvalue weighted by molar-refractivity contribution is 8.00. The number of amides is 3. The first kappa shape index (κ1) is 33.0. The molecule has 0 radical (unpaired) electrons. The van der Waals surface area contributed by atoms with Crippen molar-refractivity contribution in [1.82, 2.24) is 15.2 Å². The first-order chi connectivity index (χ1) is 21.9. The average Bonchev–Trinajstić information content (AvgIpc) is 3.48. The lowest BCUT2D eigenvalue weighted by atomic mass is 10.0. The van der Waals surface area contributed by atoms with Crippen molar-refractivity contribution < 1.29 is 28.7 Å². The summed E-state index contributed by atoms with van der Waals surface area (Å²) in [5.41, 5.74) is 1.73. The summed E-state index contributed by atoms with van der Waals surface area (Å²) in [4.78, 5) is 58.6. The van der Waals surface area contributed by atoms with Crippen LogP contribution < -0.4 is 10.6 Å². The second-order valence-electron chi connectivity index (χ2n) is 12.1. The number of thiazole rings is 1. The van der Waals surface area contributed by atoms with Crippen molar-refractivity contribution in [2.45, 2.75) is 57.7 Å².